The largest absolute Gasteiger partial charge is 0.380 e. The summed E-state index contributed by atoms with van der Waals surface area (Å²) in [5.74, 6) is -2.45. The SMILES string of the molecule is CCOCCn1c(=NC(=O)CS(=O)(=O)CC(=O)N2CC(C)CC(C)C2)sc2cc([N+](=O)[O-])ccc21. The Morgan fingerprint density at radius 1 is 1.23 bits per heavy atom. The average Bonchev–Trinajstić information content (AvgIpc) is 3.08. The Morgan fingerprint density at radius 2 is 1.91 bits per heavy atom. The van der Waals surface area contributed by atoms with Crippen LogP contribution in [0.1, 0.15) is 27.2 Å². The molecule has 2 atom stereocenters. The van der Waals surface area contributed by atoms with Gasteiger partial charge in [0.2, 0.25) is 5.91 Å². The molecule has 1 aliphatic heterocycles. The number of likely N-dealkylation sites (tertiary alicyclic amines) is 1. The molecule has 13 heteroatoms. The van der Waals surface area contributed by atoms with Crippen LogP contribution >= 0.6 is 11.3 Å². The maximum atomic E-state index is 12.6. The highest BCUT2D eigenvalue weighted by atomic mass is 32.2. The van der Waals surface area contributed by atoms with Crippen LogP contribution in [-0.2, 0) is 30.7 Å². The molecule has 0 saturated carbocycles. The molecule has 1 aliphatic rings. The minimum absolute atomic E-state index is 0.101. The summed E-state index contributed by atoms with van der Waals surface area (Å²) in [6.07, 6.45) is 0.982. The van der Waals surface area contributed by atoms with Crippen LogP contribution in [0.3, 0.4) is 0 Å². The van der Waals surface area contributed by atoms with Gasteiger partial charge in [-0.15, -0.1) is 0 Å². The van der Waals surface area contributed by atoms with Crippen LogP contribution in [0.2, 0.25) is 0 Å². The van der Waals surface area contributed by atoms with Crippen molar-refractivity contribution in [3.63, 3.8) is 0 Å². The lowest BCUT2D eigenvalue weighted by atomic mass is 9.92. The number of nitro benzene ring substituents is 1. The highest BCUT2D eigenvalue weighted by Gasteiger charge is 2.29. The molecule has 2 aromatic rings. The zero-order chi connectivity index (χ0) is 25.8. The van der Waals surface area contributed by atoms with Gasteiger partial charge in [-0.3, -0.25) is 19.7 Å². The lowest BCUT2D eigenvalue weighted by Gasteiger charge is -2.34. The van der Waals surface area contributed by atoms with Gasteiger partial charge in [0, 0.05) is 38.4 Å². The number of nitro groups is 1. The van der Waals surface area contributed by atoms with Crippen molar-refractivity contribution in [2.75, 3.05) is 37.8 Å². The zero-order valence-electron chi connectivity index (χ0n) is 20.0. The number of amides is 2. The van der Waals surface area contributed by atoms with Crippen LogP contribution in [0.15, 0.2) is 23.2 Å². The summed E-state index contributed by atoms with van der Waals surface area (Å²) < 4.78 is 32.8. The van der Waals surface area contributed by atoms with E-state index in [4.69, 9.17) is 4.74 Å². The number of ether oxygens (including phenoxy) is 1. The predicted molar refractivity (Wildman–Crippen MR) is 132 cm³/mol. The predicted octanol–water partition coefficient (Wildman–Crippen LogP) is 1.99. The van der Waals surface area contributed by atoms with Crippen LogP contribution in [-0.4, -0.2) is 72.4 Å². The number of piperidine rings is 1. The Hall–Kier alpha value is -2.64. The van der Waals surface area contributed by atoms with Crippen molar-refractivity contribution >= 4 is 48.9 Å². The second kappa shape index (κ2) is 11.4. The molecule has 35 heavy (non-hydrogen) atoms. The third kappa shape index (κ3) is 7.18. The van der Waals surface area contributed by atoms with Crippen molar-refractivity contribution < 1.29 is 27.7 Å². The number of thiazole rings is 1. The standard InChI is InChI=1S/C22H30N4O7S2/c1-4-33-8-7-25-18-6-5-17(26(29)30)10-19(18)34-22(25)23-20(27)13-35(31,32)14-21(28)24-11-15(2)9-16(3)12-24/h5-6,10,15-16H,4,7-9,11-14H2,1-3H3. The monoisotopic (exact) mass is 526 g/mol. The van der Waals surface area contributed by atoms with Gasteiger partial charge in [0.15, 0.2) is 14.6 Å². The Balaban J connectivity index is 1.81. The topological polar surface area (TPSA) is 141 Å². The van der Waals surface area contributed by atoms with Crippen LogP contribution in [0.25, 0.3) is 10.2 Å². The van der Waals surface area contributed by atoms with Gasteiger partial charge < -0.3 is 14.2 Å². The van der Waals surface area contributed by atoms with E-state index in [1.807, 2.05) is 20.8 Å². The van der Waals surface area contributed by atoms with Crippen LogP contribution < -0.4 is 4.80 Å². The third-order valence-corrected chi connectivity index (χ3v) is 8.08. The number of carbonyl (C=O) groups excluding carboxylic acids is 2. The Morgan fingerprint density at radius 3 is 2.54 bits per heavy atom. The molecule has 1 saturated heterocycles. The van der Waals surface area contributed by atoms with Crippen molar-refractivity contribution in [3.05, 3.63) is 33.1 Å². The minimum atomic E-state index is -4.02. The number of carbonyl (C=O) groups is 2. The van der Waals surface area contributed by atoms with Gasteiger partial charge in [0.05, 0.1) is 21.7 Å². The van der Waals surface area contributed by atoms with Crippen molar-refractivity contribution in [1.29, 1.82) is 0 Å². The second-order valence-corrected chi connectivity index (χ2v) is 12.0. The molecule has 0 aliphatic carbocycles. The number of non-ortho nitro benzene ring substituents is 1. The molecule has 1 fully saturated rings. The summed E-state index contributed by atoms with van der Waals surface area (Å²) in [6, 6.07) is 4.31. The molecule has 0 spiro atoms. The van der Waals surface area contributed by atoms with Gasteiger partial charge in [-0.05, 0) is 31.2 Å². The maximum Gasteiger partial charge on any atom is 0.270 e. The van der Waals surface area contributed by atoms with Crippen molar-refractivity contribution in [3.8, 4) is 0 Å². The van der Waals surface area contributed by atoms with E-state index < -0.39 is 38.1 Å². The fraction of sp³-hybridized carbons (Fsp3) is 0.591. The first-order chi connectivity index (χ1) is 16.5. The summed E-state index contributed by atoms with van der Waals surface area (Å²) in [6.45, 7) is 8.02. The number of benzene rings is 1. The van der Waals surface area contributed by atoms with Gasteiger partial charge in [-0.1, -0.05) is 25.2 Å². The van der Waals surface area contributed by atoms with E-state index in [1.165, 1.54) is 12.1 Å². The number of aromatic nitrogens is 1. The first kappa shape index (κ1) is 27.0. The Kier molecular flexibility index (Phi) is 8.78. The molecule has 2 unspecified atom stereocenters. The van der Waals surface area contributed by atoms with Crippen LogP contribution in [0.5, 0.6) is 0 Å². The minimum Gasteiger partial charge on any atom is -0.380 e. The molecule has 1 aromatic heterocycles. The summed E-state index contributed by atoms with van der Waals surface area (Å²) in [4.78, 5) is 41.6. The van der Waals surface area contributed by atoms with Crippen molar-refractivity contribution in [1.82, 2.24) is 9.47 Å². The highest BCUT2D eigenvalue weighted by molar-refractivity contribution is 7.92. The first-order valence-corrected chi connectivity index (χ1v) is 14.0. The molecule has 0 radical (unpaired) electrons. The lowest BCUT2D eigenvalue weighted by molar-refractivity contribution is -0.384. The van der Waals surface area contributed by atoms with Gasteiger partial charge in [-0.2, -0.15) is 4.99 Å². The molecule has 11 nitrogen and oxygen atoms in total. The summed E-state index contributed by atoms with van der Waals surface area (Å²) in [5, 5.41) is 11.1. The molecule has 3 rings (SSSR count). The van der Waals surface area contributed by atoms with E-state index >= 15 is 0 Å². The number of fused-ring (bicyclic) bond motifs is 1. The van der Waals surface area contributed by atoms with Gasteiger partial charge in [0.25, 0.3) is 11.6 Å². The van der Waals surface area contributed by atoms with E-state index in [0.29, 0.717) is 43.1 Å². The van der Waals surface area contributed by atoms with E-state index in [0.717, 1.165) is 17.8 Å². The third-order valence-electron chi connectivity index (χ3n) is 5.67. The maximum absolute atomic E-state index is 12.6. The molecular formula is C22H30N4O7S2. The summed E-state index contributed by atoms with van der Waals surface area (Å²) in [7, 11) is -4.02. The van der Waals surface area contributed by atoms with Crippen LogP contribution in [0.4, 0.5) is 5.69 Å². The number of hydrogen-bond acceptors (Lipinski definition) is 8. The molecule has 0 N–H and O–H groups in total. The molecular weight excluding hydrogens is 496 g/mol. The van der Waals surface area contributed by atoms with E-state index in [9.17, 15) is 28.1 Å². The first-order valence-electron chi connectivity index (χ1n) is 11.4. The lowest BCUT2D eigenvalue weighted by Crippen LogP contribution is -2.45. The highest BCUT2D eigenvalue weighted by Crippen LogP contribution is 2.23. The average molecular weight is 527 g/mol. The van der Waals surface area contributed by atoms with E-state index in [2.05, 4.69) is 4.99 Å². The number of nitrogens with zero attached hydrogens (tertiary/aromatic N) is 4. The van der Waals surface area contributed by atoms with Gasteiger partial charge in [-0.25, -0.2) is 8.42 Å². The van der Waals surface area contributed by atoms with Crippen LogP contribution in [0, 0.1) is 22.0 Å². The molecule has 192 valence electrons. The Labute approximate surface area is 207 Å². The number of rotatable bonds is 9. The van der Waals surface area contributed by atoms with Gasteiger partial charge in [0.1, 0.15) is 11.5 Å². The summed E-state index contributed by atoms with van der Waals surface area (Å²) >= 11 is 1.05. The fourth-order valence-electron chi connectivity index (χ4n) is 4.30. The zero-order valence-corrected chi connectivity index (χ0v) is 21.6. The molecule has 1 aromatic carbocycles. The number of hydrogen-bond donors (Lipinski definition) is 0. The Bertz CT molecular complexity index is 1270. The number of sulfone groups is 1. The van der Waals surface area contributed by atoms with Gasteiger partial charge >= 0.3 is 0 Å². The normalized spacial score (nSPS) is 19.3. The smallest absolute Gasteiger partial charge is 0.270 e. The van der Waals surface area contributed by atoms with Crippen molar-refractivity contribution in [2.45, 2.75) is 33.7 Å². The van der Waals surface area contributed by atoms with E-state index in [1.54, 1.807) is 15.5 Å². The van der Waals surface area contributed by atoms with Crippen molar-refractivity contribution in [2.24, 2.45) is 16.8 Å². The quantitative estimate of drug-likeness (QED) is 0.276. The second-order valence-electron chi connectivity index (χ2n) is 8.92. The van der Waals surface area contributed by atoms with E-state index in [-0.39, 0.29) is 22.3 Å². The molecule has 2 heterocycles. The molecule has 2 amide bonds. The fourth-order valence-corrected chi connectivity index (χ4v) is 6.51. The summed E-state index contributed by atoms with van der Waals surface area (Å²) in [5.41, 5.74) is 0.522. The molecule has 0 bridgehead atoms.